The summed E-state index contributed by atoms with van der Waals surface area (Å²) in [6.45, 7) is 0.0353. The van der Waals surface area contributed by atoms with E-state index in [0.717, 1.165) is 5.56 Å². The van der Waals surface area contributed by atoms with E-state index in [1.807, 2.05) is 0 Å². The van der Waals surface area contributed by atoms with Gasteiger partial charge in [-0.1, -0.05) is 12.1 Å². The summed E-state index contributed by atoms with van der Waals surface area (Å²) in [7, 11) is 1.34. The van der Waals surface area contributed by atoms with E-state index in [1.54, 1.807) is 18.2 Å². The van der Waals surface area contributed by atoms with Gasteiger partial charge in [0.05, 0.1) is 19.2 Å². The fourth-order valence-electron chi connectivity index (χ4n) is 4.38. The van der Waals surface area contributed by atoms with E-state index >= 15 is 0 Å². The van der Waals surface area contributed by atoms with Gasteiger partial charge in [-0.15, -0.1) is 0 Å². The van der Waals surface area contributed by atoms with Crippen molar-refractivity contribution in [3.05, 3.63) is 64.7 Å². The molecule has 0 saturated carbocycles. The van der Waals surface area contributed by atoms with Crippen molar-refractivity contribution in [2.75, 3.05) is 13.7 Å². The molecule has 34 heavy (non-hydrogen) atoms. The third-order valence-corrected chi connectivity index (χ3v) is 6.01. The Balaban J connectivity index is 1.53. The quantitative estimate of drug-likeness (QED) is 0.358. The molecule has 1 aromatic heterocycles. The van der Waals surface area contributed by atoms with Crippen LogP contribution in [0.2, 0.25) is 0 Å². The minimum absolute atomic E-state index is 0.0483. The van der Waals surface area contributed by atoms with Crippen LogP contribution in [-0.2, 0) is 28.2 Å². The third kappa shape index (κ3) is 3.33. The number of halogens is 1. The van der Waals surface area contributed by atoms with Crippen molar-refractivity contribution in [1.82, 2.24) is 20.9 Å². The first-order valence-corrected chi connectivity index (χ1v) is 10.3. The summed E-state index contributed by atoms with van der Waals surface area (Å²) >= 11 is 0. The van der Waals surface area contributed by atoms with Crippen LogP contribution in [0, 0.1) is 5.82 Å². The third-order valence-electron chi connectivity index (χ3n) is 6.01. The lowest BCUT2D eigenvalue weighted by Crippen LogP contribution is -2.52. The lowest BCUT2D eigenvalue weighted by molar-refractivity contribution is -0.127. The number of amides is 5. The van der Waals surface area contributed by atoms with Crippen LogP contribution in [-0.4, -0.2) is 42.8 Å². The van der Waals surface area contributed by atoms with Crippen LogP contribution in [0.25, 0.3) is 11.0 Å². The van der Waals surface area contributed by atoms with E-state index in [0.29, 0.717) is 35.1 Å². The van der Waals surface area contributed by atoms with Crippen LogP contribution in [0.4, 0.5) is 9.18 Å². The molecule has 1 atom stereocenters. The molecule has 0 bridgehead atoms. The van der Waals surface area contributed by atoms with Crippen molar-refractivity contribution in [3.8, 4) is 5.75 Å². The molecule has 10 nitrogen and oxygen atoms in total. The van der Waals surface area contributed by atoms with Crippen LogP contribution in [0.15, 0.2) is 40.8 Å². The van der Waals surface area contributed by atoms with Crippen molar-refractivity contribution in [3.63, 3.8) is 0 Å². The first kappa shape index (κ1) is 21.4. The van der Waals surface area contributed by atoms with E-state index in [9.17, 15) is 23.6 Å². The minimum atomic E-state index is -1.75. The van der Waals surface area contributed by atoms with Crippen LogP contribution in [0.3, 0.4) is 0 Å². The Hall–Kier alpha value is -4.41. The number of methoxy groups -OCH3 is 1. The molecule has 2 aromatic carbocycles. The monoisotopic (exact) mass is 466 g/mol. The number of carbonyl (C=O) groups is 4. The lowest BCUT2D eigenvalue weighted by atomic mass is 9.94. The van der Waals surface area contributed by atoms with Gasteiger partial charge in [0.2, 0.25) is 6.41 Å². The number of carbonyl (C=O) groups excluding carboxylic acids is 4. The number of nitrogens with one attached hydrogen (secondary N) is 3. The fraction of sp³-hybridized carbons (Fsp3) is 0.217. The molecule has 5 rings (SSSR count). The highest BCUT2D eigenvalue weighted by molar-refractivity contribution is 6.11. The Bertz CT molecular complexity index is 1370. The summed E-state index contributed by atoms with van der Waals surface area (Å²) in [5, 5.41) is 7.98. The second kappa shape index (κ2) is 7.87. The summed E-state index contributed by atoms with van der Waals surface area (Å²) in [5.41, 5.74) is 0.283. The summed E-state index contributed by atoms with van der Waals surface area (Å²) in [4.78, 5) is 50.5. The fourth-order valence-corrected chi connectivity index (χ4v) is 4.38. The van der Waals surface area contributed by atoms with Gasteiger partial charge in [0, 0.05) is 18.5 Å². The number of benzene rings is 2. The van der Waals surface area contributed by atoms with Crippen molar-refractivity contribution in [2.24, 2.45) is 0 Å². The topological polar surface area (TPSA) is 130 Å². The summed E-state index contributed by atoms with van der Waals surface area (Å²) in [5.74, 6) is -1.47. The predicted molar refractivity (Wildman–Crippen MR) is 115 cm³/mol. The zero-order valence-electron chi connectivity index (χ0n) is 17.9. The van der Waals surface area contributed by atoms with Gasteiger partial charge in [-0.25, -0.2) is 9.18 Å². The molecule has 0 unspecified atom stereocenters. The molecular formula is C23H19FN4O6. The van der Waals surface area contributed by atoms with Crippen molar-refractivity contribution in [1.29, 1.82) is 0 Å². The van der Waals surface area contributed by atoms with Crippen LogP contribution < -0.4 is 20.7 Å². The number of fused-ring (bicyclic) bond motifs is 3. The van der Waals surface area contributed by atoms with Crippen molar-refractivity contribution < 1.29 is 32.7 Å². The van der Waals surface area contributed by atoms with Crippen molar-refractivity contribution in [2.45, 2.75) is 18.6 Å². The van der Waals surface area contributed by atoms with Crippen LogP contribution >= 0.6 is 0 Å². The van der Waals surface area contributed by atoms with E-state index in [4.69, 9.17) is 9.15 Å². The lowest BCUT2D eigenvalue weighted by Gasteiger charge is -2.29. The summed E-state index contributed by atoms with van der Waals surface area (Å²) < 4.78 is 24.9. The van der Waals surface area contributed by atoms with Gasteiger partial charge in [0.1, 0.15) is 11.3 Å². The van der Waals surface area contributed by atoms with Gasteiger partial charge in [0.15, 0.2) is 17.1 Å². The molecule has 3 aromatic rings. The number of ether oxygens (including phenoxy) is 1. The maximum atomic E-state index is 14.1. The molecule has 5 amide bonds. The molecule has 11 heteroatoms. The number of rotatable bonds is 7. The maximum absolute atomic E-state index is 14.1. The first-order valence-electron chi connectivity index (χ1n) is 10.3. The Morgan fingerprint density at radius 1 is 1.21 bits per heavy atom. The Morgan fingerprint density at radius 3 is 2.71 bits per heavy atom. The average molecular weight is 466 g/mol. The van der Waals surface area contributed by atoms with Gasteiger partial charge in [-0.2, -0.15) is 0 Å². The highest BCUT2D eigenvalue weighted by Gasteiger charge is 2.51. The molecule has 0 spiro atoms. The summed E-state index contributed by atoms with van der Waals surface area (Å²) in [6, 6.07) is 8.43. The minimum Gasteiger partial charge on any atom is -0.494 e. The number of hydrogen-bond donors (Lipinski definition) is 3. The second-order valence-electron chi connectivity index (χ2n) is 8.10. The number of urea groups is 1. The molecule has 1 fully saturated rings. The van der Waals surface area contributed by atoms with Gasteiger partial charge in [0.25, 0.3) is 11.8 Å². The molecule has 0 aliphatic carbocycles. The maximum Gasteiger partial charge on any atom is 0.322 e. The Labute approximate surface area is 192 Å². The number of furan rings is 1. The Kier molecular flexibility index (Phi) is 4.96. The Morgan fingerprint density at radius 2 is 2.03 bits per heavy atom. The van der Waals surface area contributed by atoms with Crippen LogP contribution in [0.5, 0.6) is 5.75 Å². The van der Waals surface area contributed by atoms with Gasteiger partial charge >= 0.3 is 6.03 Å². The molecule has 2 aliphatic heterocycles. The molecule has 2 aliphatic rings. The SMILES string of the molecule is COc1ccc(CN(C=O)C[C@@]2(c3cc4c5c(ccc4o3)CNC5=O)NC(=O)NC2=O)cc1F. The van der Waals surface area contributed by atoms with E-state index in [-0.39, 0.29) is 30.5 Å². The average Bonchev–Trinajstić information content (AvgIpc) is 3.48. The van der Waals surface area contributed by atoms with E-state index in [2.05, 4.69) is 16.0 Å². The number of imide groups is 1. The first-order chi connectivity index (χ1) is 16.3. The zero-order chi connectivity index (χ0) is 24.0. The van der Waals surface area contributed by atoms with Gasteiger partial charge in [-0.05, 0) is 35.4 Å². The molecule has 0 radical (unpaired) electrons. The molecular weight excluding hydrogens is 447 g/mol. The predicted octanol–water partition coefficient (Wildman–Crippen LogP) is 1.52. The summed E-state index contributed by atoms with van der Waals surface area (Å²) in [6.07, 6.45) is 0.495. The van der Waals surface area contributed by atoms with E-state index < -0.39 is 23.3 Å². The molecule has 174 valence electrons. The number of hydrogen-bond acceptors (Lipinski definition) is 6. The van der Waals surface area contributed by atoms with Gasteiger partial charge < -0.3 is 24.7 Å². The molecule has 3 N–H and O–H groups in total. The van der Waals surface area contributed by atoms with E-state index in [1.165, 1.54) is 30.2 Å². The largest absolute Gasteiger partial charge is 0.494 e. The second-order valence-corrected chi connectivity index (χ2v) is 8.10. The van der Waals surface area contributed by atoms with Crippen LogP contribution in [0.1, 0.15) is 27.2 Å². The normalized spacial score (nSPS) is 18.9. The highest BCUT2D eigenvalue weighted by Crippen LogP contribution is 2.35. The zero-order valence-corrected chi connectivity index (χ0v) is 17.9. The smallest absolute Gasteiger partial charge is 0.322 e. The molecule has 3 heterocycles. The van der Waals surface area contributed by atoms with Crippen molar-refractivity contribution >= 4 is 35.2 Å². The number of nitrogens with zero attached hydrogens (tertiary/aromatic N) is 1. The molecule has 1 saturated heterocycles. The highest BCUT2D eigenvalue weighted by atomic mass is 19.1. The van der Waals surface area contributed by atoms with Gasteiger partial charge in [-0.3, -0.25) is 19.7 Å². The standard InChI is InChI=1S/C23H19FN4O6/c1-33-17-4-2-12(6-15(17)24)9-28(11-29)10-23(21(31)26-22(32)27-23)18-7-14-16(34-18)5-3-13-8-25-20(30)19(13)14/h2-7,11H,8-10H2,1H3,(H,25,30)(H2,26,27,31,32)/t23-/m0/s1.